The van der Waals surface area contributed by atoms with Gasteiger partial charge in [-0.15, -0.1) is 0 Å². The Morgan fingerprint density at radius 3 is 2.81 bits per heavy atom. The van der Waals surface area contributed by atoms with Gasteiger partial charge in [-0.25, -0.2) is 9.78 Å². The molecule has 1 aliphatic heterocycles. The van der Waals surface area contributed by atoms with E-state index in [1.54, 1.807) is 11.1 Å². The van der Waals surface area contributed by atoms with Crippen LogP contribution in [0.2, 0.25) is 5.02 Å². The van der Waals surface area contributed by atoms with Crippen LogP contribution >= 0.6 is 11.6 Å². The van der Waals surface area contributed by atoms with Gasteiger partial charge in [0.15, 0.2) is 5.82 Å². The molecule has 0 spiro atoms. The molecule has 1 amide bonds. The SMILES string of the molecule is Cc1c2ccc(Nc3ncc(Cl)c(NC4CC5CN(C(=O)OC(C)(C)C)CC5(C=O)C4)n3)cc2nn1C. The van der Waals surface area contributed by atoms with E-state index in [2.05, 4.69) is 25.7 Å². The van der Waals surface area contributed by atoms with Gasteiger partial charge in [-0.3, -0.25) is 4.68 Å². The Morgan fingerprint density at radius 1 is 1.32 bits per heavy atom. The zero-order valence-electron chi connectivity index (χ0n) is 21.7. The van der Waals surface area contributed by atoms with Crippen molar-refractivity contribution >= 4 is 52.3 Å². The molecule has 5 rings (SSSR count). The number of halogens is 1. The first kappa shape index (κ1) is 25.3. The van der Waals surface area contributed by atoms with Crippen LogP contribution in [0.5, 0.6) is 0 Å². The lowest BCUT2D eigenvalue weighted by atomic mass is 9.82. The van der Waals surface area contributed by atoms with Crippen molar-refractivity contribution in [3.63, 3.8) is 0 Å². The summed E-state index contributed by atoms with van der Waals surface area (Å²) < 4.78 is 7.37. The van der Waals surface area contributed by atoms with Crippen LogP contribution in [0.15, 0.2) is 24.4 Å². The van der Waals surface area contributed by atoms with Crippen LogP contribution in [0, 0.1) is 18.3 Å². The molecule has 11 heteroatoms. The number of aldehydes is 1. The van der Waals surface area contributed by atoms with E-state index < -0.39 is 11.0 Å². The van der Waals surface area contributed by atoms with Gasteiger partial charge in [0.05, 0.1) is 17.1 Å². The number of rotatable bonds is 5. The monoisotopic (exact) mass is 525 g/mol. The van der Waals surface area contributed by atoms with Crippen LogP contribution < -0.4 is 10.6 Å². The molecule has 2 aromatic heterocycles. The summed E-state index contributed by atoms with van der Waals surface area (Å²) in [6.45, 7) is 8.39. The number of aromatic nitrogens is 4. The second-order valence-corrected chi connectivity index (χ2v) is 11.6. The van der Waals surface area contributed by atoms with Crippen LogP contribution in [-0.2, 0) is 16.6 Å². The summed E-state index contributed by atoms with van der Waals surface area (Å²) in [6.07, 6.45) is 3.49. The molecule has 1 saturated carbocycles. The molecular weight excluding hydrogens is 494 g/mol. The van der Waals surface area contributed by atoms with Crippen molar-refractivity contribution in [2.45, 2.75) is 52.2 Å². The van der Waals surface area contributed by atoms with E-state index in [9.17, 15) is 9.59 Å². The van der Waals surface area contributed by atoms with E-state index >= 15 is 0 Å². The normalized spacial score (nSPS) is 23.2. The molecule has 1 saturated heterocycles. The van der Waals surface area contributed by atoms with Gasteiger partial charge in [-0.05, 0) is 64.7 Å². The van der Waals surface area contributed by atoms with Crippen molar-refractivity contribution < 1.29 is 14.3 Å². The largest absolute Gasteiger partial charge is 0.444 e. The Kier molecular flexibility index (Phi) is 6.26. The lowest BCUT2D eigenvalue weighted by Crippen LogP contribution is -2.38. The van der Waals surface area contributed by atoms with E-state index in [0.717, 1.165) is 35.0 Å². The lowest BCUT2D eigenvalue weighted by Gasteiger charge is -2.26. The number of nitrogens with zero attached hydrogens (tertiary/aromatic N) is 5. The van der Waals surface area contributed by atoms with Gasteiger partial charge in [0.2, 0.25) is 5.95 Å². The van der Waals surface area contributed by atoms with Crippen molar-refractivity contribution in [2.75, 3.05) is 23.7 Å². The number of benzene rings is 1. The number of anilines is 3. The zero-order chi connectivity index (χ0) is 26.5. The molecule has 1 aliphatic carbocycles. The maximum absolute atomic E-state index is 12.6. The second kappa shape index (κ2) is 9.16. The summed E-state index contributed by atoms with van der Waals surface area (Å²) >= 11 is 6.42. The fourth-order valence-corrected chi connectivity index (χ4v) is 5.59. The van der Waals surface area contributed by atoms with Crippen LogP contribution in [0.25, 0.3) is 10.9 Å². The summed E-state index contributed by atoms with van der Waals surface area (Å²) in [7, 11) is 1.92. The Labute approximate surface area is 220 Å². The van der Waals surface area contributed by atoms with E-state index in [4.69, 9.17) is 16.3 Å². The van der Waals surface area contributed by atoms with Gasteiger partial charge in [0.1, 0.15) is 16.9 Å². The van der Waals surface area contributed by atoms with Crippen LogP contribution in [0.4, 0.5) is 22.2 Å². The number of ether oxygens (including phenoxy) is 1. The third-order valence-electron chi connectivity index (χ3n) is 7.29. The van der Waals surface area contributed by atoms with Crippen molar-refractivity contribution in [1.82, 2.24) is 24.6 Å². The second-order valence-electron chi connectivity index (χ2n) is 11.1. The molecule has 0 bridgehead atoms. The predicted molar refractivity (Wildman–Crippen MR) is 142 cm³/mol. The molecule has 1 aromatic carbocycles. The van der Waals surface area contributed by atoms with Crippen molar-refractivity contribution in [3.8, 4) is 0 Å². The van der Waals surface area contributed by atoms with Crippen LogP contribution in [-0.4, -0.2) is 61.8 Å². The maximum Gasteiger partial charge on any atom is 0.410 e. The lowest BCUT2D eigenvalue weighted by molar-refractivity contribution is -0.116. The number of aryl methyl sites for hydroxylation is 2. The number of carbonyl (C=O) groups excluding carboxylic acids is 2. The molecule has 196 valence electrons. The van der Waals surface area contributed by atoms with Crippen LogP contribution in [0.1, 0.15) is 39.3 Å². The molecular formula is C26H32ClN7O3. The number of fused-ring (bicyclic) bond motifs is 2. The quantitative estimate of drug-likeness (QED) is 0.461. The van der Waals surface area contributed by atoms with Gasteiger partial charge >= 0.3 is 6.09 Å². The molecule has 3 aromatic rings. The first-order valence-corrected chi connectivity index (χ1v) is 12.8. The van der Waals surface area contributed by atoms with Gasteiger partial charge in [-0.2, -0.15) is 10.1 Å². The number of carbonyl (C=O) groups is 2. The van der Waals surface area contributed by atoms with Crippen molar-refractivity contribution in [3.05, 3.63) is 35.1 Å². The smallest absolute Gasteiger partial charge is 0.410 e. The highest BCUT2D eigenvalue weighted by Crippen LogP contribution is 2.48. The summed E-state index contributed by atoms with van der Waals surface area (Å²) in [6, 6.07) is 5.93. The number of amides is 1. The topological polar surface area (TPSA) is 114 Å². The summed E-state index contributed by atoms with van der Waals surface area (Å²) in [5.41, 5.74) is 1.61. The number of hydrogen-bond acceptors (Lipinski definition) is 8. The third-order valence-corrected chi connectivity index (χ3v) is 7.57. The molecule has 3 unspecified atom stereocenters. The predicted octanol–water partition coefficient (Wildman–Crippen LogP) is 4.70. The Balaban J connectivity index is 1.27. The molecule has 37 heavy (non-hydrogen) atoms. The first-order valence-electron chi connectivity index (χ1n) is 12.4. The van der Waals surface area contributed by atoms with Crippen LogP contribution in [0.3, 0.4) is 0 Å². The summed E-state index contributed by atoms with van der Waals surface area (Å²) in [4.78, 5) is 35.4. The summed E-state index contributed by atoms with van der Waals surface area (Å²) in [5, 5.41) is 12.7. The highest BCUT2D eigenvalue weighted by atomic mass is 35.5. The van der Waals surface area contributed by atoms with E-state index in [-0.39, 0.29) is 18.1 Å². The molecule has 10 nitrogen and oxygen atoms in total. The van der Waals surface area contributed by atoms with Gasteiger partial charge < -0.3 is 25.1 Å². The number of hydrogen-bond donors (Lipinski definition) is 2. The average molecular weight is 526 g/mol. The molecule has 2 N–H and O–H groups in total. The highest BCUT2D eigenvalue weighted by molar-refractivity contribution is 6.32. The van der Waals surface area contributed by atoms with Gasteiger partial charge in [-0.1, -0.05) is 11.6 Å². The average Bonchev–Trinajstić information content (AvgIpc) is 3.43. The van der Waals surface area contributed by atoms with E-state index in [1.807, 2.05) is 57.6 Å². The van der Waals surface area contributed by atoms with Gasteiger partial charge in [0, 0.05) is 42.9 Å². The molecule has 3 atom stereocenters. The Morgan fingerprint density at radius 2 is 2.11 bits per heavy atom. The minimum absolute atomic E-state index is 0.0101. The molecule has 2 fully saturated rings. The van der Waals surface area contributed by atoms with Crippen molar-refractivity contribution in [1.29, 1.82) is 0 Å². The minimum atomic E-state index is -0.606. The molecule has 3 heterocycles. The minimum Gasteiger partial charge on any atom is -0.444 e. The summed E-state index contributed by atoms with van der Waals surface area (Å²) in [5.74, 6) is 0.948. The third kappa shape index (κ3) is 4.94. The molecule has 2 aliphatic rings. The Hall–Kier alpha value is -3.40. The number of nitrogens with one attached hydrogen (secondary N) is 2. The van der Waals surface area contributed by atoms with Crippen molar-refractivity contribution in [2.24, 2.45) is 18.4 Å². The highest BCUT2D eigenvalue weighted by Gasteiger charge is 2.54. The maximum atomic E-state index is 12.6. The fraction of sp³-hybridized carbons (Fsp3) is 0.500. The first-order chi connectivity index (χ1) is 17.5. The van der Waals surface area contributed by atoms with Gasteiger partial charge in [0.25, 0.3) is 0 Å². The molecule has 0 radical (unpaired) electrons. The zero-order valence-corrected chi connectivity index (χ0v) is 22.5. The fourth-order valence-electron chi connectivity index (χ4n) is 5.44. The van der Waals surface area contributed by atoms with E-state index in [1.165, 1.54) is 0 Å². The Bertz CT molecular complexity index is 1370. The van der Waals surface area contributed by atoms with E-state index in [0.29, 0.717) is 36.3 Å². The standard InChI is InChI=1S/C26H32ClN7O3/c1-15-19-7-6-17(9-21(19)32-33(15)5)30-23-28-11-20(27)22(31-23)29-18-8-16-12-34(13-26(16,10-18)14-35)24(36)37-25(2,3)4/h6-7,9,11,14,16,18H,8,10,12-13H2,1-5H3,(H2,28,29,30,31). The number of likely N-dealkylation sites (tertiary alicyclic amines) is 1.